The molecule has 0 saturated carbocycles. The summed E-state index contributed by atoms with van der Waals surface area (Å²) in [7, 11) is 0. The van der Waals surface area contributed by atoms with Crippen LogP contribution in [-0.2, 0) is 12.1 Å². The first-order valence-corrected chi connectivity index (χ1v) is 13.9. The van der Waals surface area contributed by atoms with Crippen LogP contribution in [0.2, 0.25) is 0 Å². The molecule has 1 N–H and O–H groups in total. The van der Waals surface area contributed by atoms with Gasteiger partial charge in [0.25, 0.3) is 0 Å². The molecule has 22 heteroatoms. The molecule has 2 aromatic carbocycles. The fourth-order valence-electron chi connectivity index (χ4n) is 4.42. The minimum absolute atomic E-state index is 0.195. The van der Waals surface area contributed by atoms with Gasteiger partial charge in [0.05, 0.1) is 11.1 Å². The maximum absolute atomic E-state index is 13.9. The van der Waals surface area contributed by atoms with E-state index >= 15 is 0 Å². The van der Waals surface area contributed by atoms with E-state index in [1.54, 1.807) is 6.92 Å². The predicted octanol–water partition coefficient (Wildman–Crippen LogP) is 12.1. The van der Waals surface area contributed by atoms with Gasteiger partial charge >= 0.3 is 30.5 Å². The summed E-state index contributed by atoms with van der Waals surface area (Å²) in [4.78, 5) is 0. The van der Waals surface area contributed by atoms with Crippen LogP contribution in [0.25, 0.3) is 11.1 Å². The predicted molar refractivity (Wildman–Crippen MR) is 133 cm³/mol. The van der Waals surface area contributed by atoms with Gasteiger partial charge in [-0.3, -0.25) is 0 Å². The van der Waals surface area contributed by atoms with Crippen molar-refractivity contribution in [1.29, 1.82) is 0 Å². The van der Waals surface area contributed by atoms with Crippen molar-refractivity contribution >= 4 is 0 Å². The number of rotatable bonds is 11. The van der Waals surface area contributed by atoms with Crippen molar-refractivity contribution in [3.63, 3.8) is 0 Å². The summed E-state index contributed by atoms with van der Waals surface area (Å²) in [6, 6.07) is -4.80. The normalized spacial score (nSPS) is 14.4. The Morgan fingerprint density at radius 2 is 0.920 bits per heavy atom. The van der Waals surface area contributed by atoms with Gasteiger partial charge in [0.2, 0.25) is 5.82 Å². The zero-order chi connectivity index (χ0) is 39.5. The highest BCUT2D eigenvalue weighted by Gasteiger charge is 2.63. The molecule has 0 radical (unpaired) electrons. The molecule has 0 heterocycles. The Labute approximate surface area is 268 Å². The lowest BCUT2D eigenvalue weighted by Gasteiger charge is -2.26. The largest absolute Gasteiger partial charge is 0.469 e. The standard InChI is InChI=1S/C15F16.C13H24F5N/c16-5-2(6(17)10(21)12(23)9(5)20)1-3(13(24,25)15(29,30)31)7(18)11(22)8(19)4(1)14(26,27)28;1-4-6-11(5-2)8-7-10(3)9-19-13(17,18)12(14,15)16/h;10-11,19H,4-9H2,1-3H3. The highest BCUT2D eigenvalue weighted by molar-refractivity contribution is 5.75. The molecule has 0 amide bonds. The van der Waals surface area contributed by atoms with Crippen LogP contribution in [0.4, 0.5) is 92.2 Å². The van der Waals surface area contributed by atoms with E-state index in [2.05, 4.69) is 13.8 Å². The Morgan fingerprint density at radius 1 is 0.500 bits per heavy atom. The van der Waals surface area contributed by atoms with Crippen LogP contribution in [0.1, 0.15) is 64.0 Å². The third kappa shape index (κ3) is 9.62. The van der Waals surface area contributed by atoms with E-state index in [0.29, 0.717) is 12.3 Å². The Kier molecular flexibility index (Phi) is 14.5. The average Bonchev–Trinajstić information content (AvgIpc) is 2.97. The monoisotopic (exact) mass is 773 g/mol. The summed E-state index contributed by atoms with van der Waals surface area (Å²) >= 11 is 0. The van der Waals surface area contributed by atoms with Gasteiger partial charge < -0.3 is 0 Å². The van der Waals surface area contributed by atoms with Gasteiger partial charge in [-0.15, -0.1) is 0 Å². The number of hydrogen-bond donors (Lipinski definition) is 1. The number of nitrogens with one attached hydrogen (secondary N) is 1. The number of hydrogen-bond acceptors (Lipinski definition) is 1. The molecular formula is C28H24F21N. The number of benzene rings is 2. The molecule has 0 bridgehead atoms. The summed E-state index contributed by atoms with van der Waals surface area (Å²) in [6.07, 6.45) is -14.5. The molecule has 2 atom stereocenters. The topological polar surface area (TPSA) is 12.0 Å². The fourth-order valence-corrected chi connectivity index (χ4v) is 4.42. The van der Waals surface area contributed by atoms with Gasteiger partial charge in [-0.1, -0.05) is 46.5 Å². The van der Waals surface area contributed by atoms with E-state index in [1.807, 2.05) is 0 Å². The third-order valence-corrected chi connectivity index (χ3v) is 7.11. The second-order valence-corrected chi connectivity index (χ2v) is 10.8. The van der Waals surface area contributed by atoms with Crippen molar-refractivity contribution in [1.82, 2.24) is 5.32 Å². The van der Waals surface area contributed by atoms with Crippen LogP contribution in [0.15, 0.2) is 0 Å². The average molecular weight is 773 g/mol. The summed E-state index contributed by atoms with van der Waals surface area (Å²) in [5, 5.41) is 1.31. The lowest BCUT2D eigenvalue weighted by Crippen LogP contribution is -2.50. The lowest BCUT2D eigenvalue weighted by atomic mass is 9.88. The second kappa shape index (κ2) is 16.1. The van der Waals surface area contributed by atoms with E-state index in [1.165, 1.54) is 5.32 Å². The molecule has 1 nitrogen and oxygen atoms in total. The smallest absolute Gasteiger partial charge is 0.250 e. The Hall–Kier alpha value is -3.07. The summed E-state index contributed by atoms with van der Waals surface area (Å²) in [5.41, 5.74) is -14.2. The molecule has 0 aliphatic carbocycles. The van der Waals surface area contributed by atoms with Crippen molar-refractivity contribution < 1.29 is 92.2 Å². The first-order valence-electron chi connectivity index (χ1n) is 13.9. The van der Waals surface area contributed by atoms with E-state index in [9.17, 15) is 92.2 Å². The number of halogens is 21. The van der Waals surface area contributed by atoms with E-state index in [0.717, 1.165) is 25.7 Å². The highest BCUT2D eigenvalue weighted by Crippen LogP contribution is 2.53. The zero-order valence-corrected chi connectivity index (χ0v) is 25.3. The number of alkyl halides is 13. The van der Waals surface area contributed by atoms with Crippen molar-refractivity contribution in [2.24, 2.45) is 11.8 Å². The molecule has 0 spiro atoms. The maximum Gasteiger partial charge on any atom is 0.469 e. The van der Waals surface area contributed by atoms with Crippen molar-refractivity contribution in [2.45, 2.75) is 83.4 Å². The Morgan fingerprint density at radius 3 is 1.30 bits per heavy atom. The van der Waals surface area contributed by atoms with Crippen LogP contribution in [0, 0.1) is 58.4 Å². The molecular weight excluding hydrogens is 749 g/mol. The molecule has 2 unspecified atom stereocenters. The molecule has 2 aromatic rings. The first kappa shape index (κ1) is 45.0. The highest BCUT2D eigenvalue weighted by atomic mass is 19.4. The summed E-state index contributed by atoms with van der Waals surface area (Å²) in [5.74, 6) is -33.8. The third-order valence-electron chi connectivity index (χ3n) is 7.11. The summed E-state index contributed by atoms with van der Waals surface area (Å²) in [6.45, 7) is 5.52. The van der Waals surface area contributed by atoms with Crippen LogP contribution < -0.4 is 5.32 Å². The maximum atomic E-state index is 13.9. The van der Waals surface area contributed by atoms with Crippen molar-refractivity contribution in [3.05, 3.63) is 57.7 Å². The first-order chi connectivity index (χ1) is 22.4. The van der Waals surface area contributed by atoms with Gasteiger partial charge in [-0.25, -0.2) is 40.4 Å². The molecule has 2 rings (SSSR count). The quantitative estimate of drug-likeness (QED) is 0.104. The minimum Gasteiger partial charge on any atom is -0.250 e. The molecule has 288 valence electrons. The molecule has 0 fully saturated rings. The second-order valence-electron chi connectivity index (χ2n) is 10.8. The van der Waals surface area contributed by atoms with Crippen molar-refractivity contribution in [3.8, 4) is 11.1 Å². The Bertz CT molecular complexity index is 1440. The van der Waals surface area contributed by atoms with Crippen molar-refractivity contribution in [2.75, 3.05) is 6.54 Å². The van der Waals surface area contributed by atoms with E-state index in [-0.39, 0.29) is 12.5 Å². The van der Waals surface area contributed by atoms with E-state index < -0.39 is 99.3 Å². The van der Waals surface area contributed by atoms with Crippen LogP contribution in [0.5, 0.6) is 0 Å². The molecule has 0 aromatic heterocycles. The molecule has 0 saturated heterocycles. The lowest BCUT2D eigenvalue weighted by molar-refractivity contribution is -0.295. The molecule has 0 aliphatic heterocycles. The van der Waals surface area contributed by atoms with Gasteiger partial charge in [0.15, 0.2) is 40.7 Å². The van der Waals surface area contributed by atoms with Crippen LogP contribution in [-0.4, -0.2) is 24.9 Å². The van der Waals surface area contributed by atoms with Crippen LogP contribution >= 0.6 is 0 Å². The van der Waals surface area contributed by atoms with Gasteiger partial charge in [0, 0.05) is 12.1 Å². The van der Waals surface area contributed by atoms with Gasteiger partial charge in [-0.05, 0) is 18.3 Å². The molecule has 50 heavy (non-hydrogen) atoms. The van der Waals surface area contributed by atoms with Crippen LogP contribution in [0.3, 0.4) is 0 Å². The molecule has 0 aliphatic rings. The van der Waals surface area contributed by atoms with Gasteiger partial charge in [-0.2, -0.15) is 57.1 Å². The zero-order valence-electron chi connectivity index (χ0n) is 25.3. The Balaban J connectivity index is 0.000000566. The van der Waals surface area contributed by atoms with E-state index in [4.69, 9.17) is 0 Å². The SMILES string of the molecule is CCCC(CC)CCC(C)CNC(F)(F)C(F)(F)F.Fc1c(F)c(F)c(-c2c(C(F)(F)F)c(F)c(F)c(F)c2C(F)(F)C(F)(F)F)c(F)c1F. The fraction of sp³-hybridized carbons (Fsp3) is 0.571. The van der Waals surface area contributed by atoms with Gasteiger partial charge in [0.1, 0.15) is 5.56 Å². The minimum atomic E-state index is -7.10. The summed E-state index contributed by atoms with van der Waals surface area (Å²) < 4.78 is 275.